The number of aromatic hydroxyl groups is 1. The number of amides is 1. The van der Waals surface area contributed by atoms with Gasteiger partial charge >= 0.3 is 5.97 Å². The van der Waals surface area contributed by atoms with Gasteiger partial charge in [0, 0.05) is 35.1 Å². The average molecular weight is 527 g/mol. The molecule has 0 radical (unpaired) electrons. The summed E-state index contributed by atoms with van der Waals surface area (Å²) < 4.78 is 7.63. The molecule has 2 aromatic carbocycles. The van der Waals surface area contributed by atoms with Crippen molar-refractivity contribution in [3.63, 3.8) is 0 Å². The SMILES string of the molecule is Cc1c(C(=O)N[C@@H](Cc2c[nH]c3ccc(O)cc23)C(=O)O)ccc2c1nc(-c1ccoc1)n2C1CCCCC1. The second-order valence-corrected chi connectivity index (χ2v) is 10.3. The van der Waals surface area contributed by atoms with Gasteiger partial charge in [-0.15, -0.1) is 0 Å². The highest BCUT2D eigenvalue weighted by Gasteiger charge is 2.27. The van der Waals surface area contributed by atoms with Crippen molar-refractivity contribution < 1.29 is 24.2 Å². The summed E-state index contributed by atoms with van der Waals surface area (Å²) >= 11 is 0. The first-order valence-electron chi connectivity index (χ1n) is 13.3. The minimum atomic E-state index is -1.16. The molecule has 9 nitrogen and oxygen atoms in total. The van der Waals surface area contributed by atoms with Crippen LogP contribution < -0.4 is 5.32 Å². The number of aromatic amines is 1. The molecule has 3 heterocycles. The van der Waals surface area contributed by atoms with Gasteiger partial charge < -0.3 is 29.5 Å². The van der Waals surface area contributed by atoms with Crippen LogP contribution in [0.25, 0.3) is 33.3 Å². The molecular weight excluding hydrogens is 496 g/mol. The van der Waals surface area contributed by atoms with Crippen LogP contribution in [0, 0.1) is 6.92 Å². The molecule has 5 aromatic rings. The molecule has 3 aromatic heterocycles. The monoisotopic (exact) mass is 526 g/mol. The van der Waals surface area contributed by atoms with Crippen LogP contribution >= 0.6 is 0 Å². The van der Waals surface area contributed by atoms with Crippen LogP contribution in [0.4, 0.5) is 0 Å². The van der Waals surface area contributed by atoms with Gasteiger partial charge in [-0.25, -0.2) is 9.78 Å². The minimum Gasteiger partial charge on any atom is -0.508 e. The highest BCUT2D eigenvalue weighted by atomic mass is 16.4. The largest absolute Gasteiger partial charge is 0.508 e. The molecule has 6 rings (SSSR count). The molecule has 39 heavy (non-hydrogen) atoms. The fourth-order valence-corrected chi connectivity index (χ4v) is 5.84. The lowest BCUT2D eigenvalue weighted by molar-refractivity contribution is -0.139. The number of carboxylic acids is 1. The second-order valence-electron chi connectivity index (χ2n) is 10.3. The van der Waals surface area contributed by atoms with E-state index in [0.717, 1.165) is 40.8 Å². The molecule has 1 amide bonds. The van der Waals surface area contributed by atoms with E-state index in [0.29, 0.717) is 28.1 Å². The summed E-state index contributed by atoms with van der Waals surface area (Å²) in [5.74, 6) is -0.704. The number of nitrogens with zero attached hydrogens (tertiary/aromatic N) is 2. The first-order valence-corrected chi connectivity index (χ1v) is 13.3. The van der Waals surface area contributed by atoms with E-state index in [2.05, 4.69) is 14.9 Å². The third-order valence-electron chi connectivity index (χ3n) is 7.86. The average Bonchev–Trinajstić information content (AvgIpc) is 3.68. The number of carbonyl (C=O) groups is 2. The van der Waals surface area contributed by atoms with Crippen LogP contribution in [0.3, 0.4) is 0 Å². The van der Waals surface area contributed by atoms with E-state index in [1.54, 1.807) is 43.0 Å². The molecule has 1 saturated carbocycles. The normalized spacial score (nSPS) is 15.1. The smallest absolute Gasteiger partial charge is 0.326 e. The fraction of sp³-hybridized carbons (Fsp3) is 0.300. The summed E-state index contributed by atoms with van der Waals surface area (Å²) in [6, 6.07) is 9.61. The number of nitrogens with one attached hydrogen (secondary N) is 2. The van der Waals surface area contributed by atoms with Crippen LogP contribution in [-0.4, -0.2) is 42.7 Å². The number of carboxylic acid groups (broad SMARTS) is 1. The number of carbonyl (C=O) groups excluding carboxylic acids is 1. The molecule has 1 fully saturated rings. The quantitative estimate of drug-likeness (QED) is 0.214. The van der Waals surface area contributed by atoms with Gasteiger partial charge in [-0.3, -0.25) is 4.79 Å². The Kier molecular flexibility index (Phi) is 6.34. The number of phenolic OH excluding ortho intramolecular Hbond substituents is 1. The van der Waals surface area contributed by atoms with E-state index in [9.17, 15) is 19.8 Å². The van der Waals surface area contributed by atoms with Crippen molar-refractivity contribution in [3.8, 4) is 17.1 Å². The number of benzene rings is 2. The van der Waals surface area contributed by atoms with E-state index in [1.807, 2.05) is 19.1 Å². The zero-order chi connectivity index (χ0) is 27.1. The number of imidazole rings is 1. The van der Waals surface area contributed by atoms with Crippen molar-refractivity contribution in [2.45, 2.75) is 57.5 Å². The molecule has 9 heteroatoms. The first kappa shape index (κ1) is 24.8. The summed E-state index contributed by atoms with van der Waals surface area (Å²) in [5, 5.41) is 23.2. The Balaban J connectivity index is 1.33. The standard InChI is InChI=1S/C30H30N4O5/c1-17-22(29(36)32-25(30(37)38)13-19-15-31-24-9-7-21(35)14-23(19)24)8-10-26-27(17)33-28(18-11-12-39-16-18)34(26)20-5-3-2-4-6-20/h7-12,14-16,20,25,31,35H,2-6,13H2,1H3,(H,32,36)(H,37,38)/t25-/m0/s1. The number of furan rings is 1. The Labute approximate surface area is 224 Å². The van der Waals surface area contributed by atoms with Crippen LogP contribution in [0.5, 0.6) is 5.75 Å². The maximum atomic E-state index is 13.4. The first-order chi connectivity index (χ1) is 18.9. The van der Waals surface area contributed by atoms with Gasteiger partial charge in [0.05, 0.1) is 22.9 Å². The van der Waals surface area contributed by atoms with Crippen molar-refractivity contribution in [1.29, 1.82) is 0 Å². The predicted octanol–water partition coefficient (Wildman–Crippen LogP) is 5.72. The maximum absolute atomic E-state index is 13.4. The maximum Gasteiger partial charge on any atom is 0.326 e. The lowest BCUT2D eigenvalue weighted by atomic mass is 9.94. The molecule has 4 N–H and O–H groups in total. The van der Waals surface area contributed by atoms with E-state index in [1.165, 1.54) is 19.3 Å². The molecule has 1 aliphatic rings. The number of fused-ring (bicyclic) bond motifs is 2. The Morgan fingerprint density at radius 3 is 2.74 bits per heavy atom. The lowest BCUT2D eigenvalue weighted by Crippen LogP contribution is -2.42. The number of phenols is 1. The van der Waals surface area contributed by atoms with Crippen molar-refractivity contribution in [1.82, 2.24) is 19.9 Å². The van der Waals surface area contributed by atoms with E-state index in [4.69, 9.17) is 9.40 Å². The summed E-state index contributed by atoms with van der Waals surface area (Å²) in [4.78, 5) is 33.6. The number of H-pyrrole nitrogens is 1. The molecule has 0 unspecified atom stereocenters. The van der Waals surface area contributed by atoms with E-state index < -0.39 is 17.9 Å². The summed E-state index contributed by atoms with van der Waals surface area (Å²) in [5.41, 5.74) is 5.13. The third-order valence-corrected chi connectivity index (χ3v) is 7.86. The minimum absolute atomic E-state index is 0.0623. The topological polar surface area (TPSA) is 133 Å². The fourth-order valence-electron chi connectivity index (χ4n) is 5.84. The van der Waals surface area contributed by atoms with E-state index in [-0.39, 0.29) is 12.2 Å². The Morgan fingerprint density at radius 2 is 2.00 bits per heavy atom. The number of hydrogen-bond donors (Lipinski definition) is 4. The van der Waals surface area contributed by atoms with Gasteiger partial charge in [-0.05, 0) is 67.3 Å². The lowest BCUT2D eigenvalue weighted by Gasteiger charge is -2.25. The summed E-state index contributed by atoms with van der Waals surface area (Å²) in [6.45, 7) is 1.85. The molecule has 0 bridgehead atoms. The predicted molar refractivity (Wildman–Crippen MR) is 147 cm³/mol. The Hall–Kier alpha value is -4.53. The molecule has 200 valence electrons. The van der Waals surface area contributed by atoms with Gasteiger partial charge in [0.2, 0.25) is 0 Å². The van der Waals surface area contributed by atoms with Gasteiger partial charge in [0.1, 0.15) is 23.9 Å². The highest BCUT2D eigenvalue weighted by molar-refractivity contribution is 6.02. The van der Waals surface area contributed by atoms with Crippen LogP contribution in [-0.2, 0) is 11.2 Å². The molecule has 0 saturated heterocycles. The highest BCUT2D eigenvalue weighted by Crippen LogP contribution is 2.37. The molecule has 1 atom stereocenters. The summed E-state index contributed by atoms with van der Waals surface area (Å²) in [7, 11) is 0. The summed E-state index contributed by atoms with van der Waals surface area (Å²) in [6.07, 6.45) is 10.8. The molecule has 0 aliphatic heterocycles. The van der Waals surface area contributed by atoms with Gasteiger partial charge in [0.15, 0.2) is 0 Å². The van der Waals surface area contributed by atoms with Crippen molar-refractivity contribution in [3.05, 3.63) is 71.8 Å². The molecule has 0 spiro atoms. The van der Waals surface area contributed by atoms with Gasteiger partial charge in [-0.1, -0.05) is 19.3 Å². The number of rotatable bonds is 7. The number of aromatic nitrogens is 3. The van der Waals surface area contributed by atoms with Gasteiger partial charge in [0.25, 0.3) is 5.91 Å². The zero-order valence-corrected chi connectivity index (χ0v) is 21.6. The van der Waals surface area contributed by atoms with Gasteiger partial charge in [-0.2, -0.15) is 0 Å². The zero-order valence-electron chi connectivity index (χ0n) is 21.6. The number of aryl methyl sites for hydroxylation is 1. The van der Waals surface area contributed by atoms with Crippen LogP contribution in [0.15, 0.2) is 59.5 Å². The Bertz CT molecular complexity index is 1670. The molecule has 1 aliphatic carbocycles. The van der Waals surface area contributed by atoms with Crippen molar-refractivity contribution in [2.24, 2.45) is 0 Å². The van der Waals surface area contributed by atoms with Crippen molar-refractivity contribution >= 4 is 33.8 Å². The van der Waals surface area contributed by atoms with E-state index >= 15 is 0 Å². The van der Waals surface area contributed by atoms with Crippen LogP contribution in [0.2, 0.25) is 0 Å². The second kappa shape index (κ2) is 9.98. The third kappa shape index (κ3) is 4.54. The number of hydrogen-bond acceptors (Lipinski definition) is 5. The number of aliphatic carboxylic acids is 1. The Morgan fingerprint density at radius 1 is 1.18 bits per heavy atom. The molecular formula is C30H30N4O5. The van der Waals surface area contributed by atoms with Crippen LogP contribution in [0.1, 0.15) is 59.6 Å². The van der Waals surface area contributed by atoms with Crippen molar-refractivity contribution in [2.75, 3.05) is 0 Å².